The van der Waals surface area contributed by atoms with Crippen LogP contribution in [0, 0.1) is 0 Å². The van der Waals surface area contributed by atoms with Gasteiger partial charge in [-0.25, -0.2) is 24.3 Å². The van der Waals surface area contributed by atoms with E-state index in [1.54, 1.807) is 23.0 Å². The maximum atomic E-state index is 13.5. The topological polar surface area (TPSA) is 141 Å². The molecule has 1 aromatic carbocycles. The number of benzene rings is 1. The molecule has 0 bridgehead atoms. The zero-order chi connectivity index (χ0) is 29.3. The Morgan fingerprint density at radius 3 is 2.44 bits per heavy atom. The Morgan fingerprint density at radius 2 is 1.67 bits per heavy atom. The van der Waals surface area contributed by atoms with E-state index >= 15 is 0 Å². The van der Waals surface area contributed by atoms with Crippen LogP contribution in [0.25, 0.3) is 27.8 Å². The quantitative estimate of drug-likeness (QED) is 0.319. The molecule has 218 valence electrons. The highest BCUT2D eigenvalue weighted by Gasteiger charge is 2.25. The largest absolute Gasteiger partial charge is 0.465 e. The number of imidazole rings is 1. The Labute approximate surface area is 246 Å². The van der Waals surface area contributed by atoms with Crippen molar-refractivity contribution in [3.8, 4) is 11.3 Å². The number of carbonyl (C=O) groups is 2. The summed E-state index contributed by atoms with van der Waals surface area (Å²) >= 11 is 0. The van der Waals surface area contributed by atoms with Gasteiger partial charge in [0.15, 0.2) is 11.5 Å². The summed E-state index contributed by atoms with van der Waals surface area (Å²) in [5.41, 5.74) is 3.81. The third-order valence-electron chi connectivity index (χ3n) is 7.81. The molecule has 2 aliphatic heterocycles. The zero-order valence-corrected chi connectivity index (χ0v) is 23.3. The number of ether oxygens (including phenoxy) is 1. The number of nitrogens with one attached hydrogen (secondary N) is 1. The molecule has 0 atom stereocenters. The Hall–Kier alpha value is -5.30. The first-order chi connectivity index (χ1) is 21.0. The second-order valence-electron chi connectivity index (χ2n) is 10.4. The fourth-order valence-electron chi connectivity index (χ4n) is 5.54. The number of fused-ring (bicyclic) bond motifs is 2. The van der Waals surface area contributed by atoms with Crippen LogP contribution in [-0.4, -0.2) is 99.1 Å². The SMILES string of the molecule is O=C(Nc1nc2c(N3CCOCC3)ccnn2c1-c1ccc(N2CCN(C(=O)O)CC2)nc1)c1ccc2ccccc2n1. The average Bonchev–Trinajstić information content (AvgIpc) is 3.43. The molecule has 2 amide bonds. The van der Waals surface area contributed by atoms with Gasteiger partial charge in [0.25, 0.3) is 5.91 Å². The fourth-order valence-corrected chi connectivity index (χ4v) is 5.54. The summed E-state index contributed by atoms with van der Waals surface area (Å²) in [7, 11) is 0. The van der Waals surface area contributed by atoms with Crippen LogP contribution in [0.5, 0.6) is 0 Å². The lowest BCUT2D eigenvalue weighted by molar-refractivity contribution is 0.102. The summed E-state index contributed by atoms with van der Waals surface area (Å²) in [5, 5.41) is 17.8. The van der Waals surface area contributed by atoms with Crippen molar-refractivity contribution in [2.75, 3.05) is 67.6 Å². The number of nitrogens with zero attached hydrogens (tertiary/aromatic N) is 8. The van der Waals surface area contributed by atoms with Crippen LogP contribution in [0.4, 0.5) is 22.1 Å². The summed E-state index contributed by atoms with van der Waals surface area (Å²) in [4.78, 5) is 44.6. The van der Waals surface area contributed by atoms with Crippen molar-refractivity contribution in [3.63, 3.8) is 0 Å². The smallest absolute Gasteiger partial charge is 0.407 e. The number of morpholine rings is 1. The highest BCUT2D eigenvalue weighted by molar-refractivity contribution is 6.05. The van der Waals surface area contributed by atoms with E-state index in [1.165, 1.54) is 4.90 Å². The molecule has 0 aliphatic carbocycles. The summed E-state index contributed by atoms with van der Waals surface area (Å²) < 4.78 is 7.28. The molecule has 6 heterocycles. The van der Waals surface area contributed by atoms with Crippen molar-refractivity contribution in [1.82, 2.24) is 29.5 Å². The van der Waals surface area contributed by atoms with Gasteiger partial charge in [-0.1, -0.05) is 24.3 Å². The van der Waals surface area contributed by atoms with E-state index in [0.29, 0.717) is 62.1 Å². The minimum Gasteiger partial charge on any atom is -0.465 e. The number of hydrogen-bond acceptors (Lipinski definition) is 9. The van der Waals surface area contributed by atoms with Crippen LogP contribution in [-0.2, 0) is 4.74 Å². The predicted octanol–water partition coefficient (Wildman–Crippen LogP) is 3.23. The molecule has 7 rings (SSSR count). The lowest BCUT2D eigenvalue weighted by atomic mass is 10.2. The number of anilines is 3. The second-order valence-corrected chi connectivity index (χ2v) is 10.4. The van der Waals surface area contributed by atoms with Crippen molar-refractivity contribution in [2.24, 2.45) is 0 Å². The molecule has 0 saturated carbocycles. The van der Waals surface area contributed by atoms with Gasteiger partial charge in [0, 0.05) is 56.4 Å². The number of amides is 2. The first kappa shape index (κ1) is 26.6. The molecule has 0 spiro atoms. The molecule has 2 aliphatic rings. The van der Waals surface area contributed by atoms with Gasteiger partial charge in [-0.05, 0) is 30.3 Å². The number of carboxylic acid groups (broad SMARTS) is 1. The van der Waals surface area contributed by atoms with E-state index in [9.17, 15) is 14.7 Å². The van der Waals surface area contributed by atoms with Crippen LogP contribution in [0.2, 0.25) is 0 Å². The van der Waals surface area contributed by atoms with E-state index in [4.69, 9.17) is 14.7 Å². The van der Waals surface area contributed by atoms with E-state index < -0.39 is 6.09 Å². The van der Waals surface area contributed by atoms with E-state index in [0.717, 1.165) is 35.5 Å². The van der Waals surface area contributed by atoms with Crippen molar-refractivity contribution >= 4 is 45.9 Å². The van der Waals surface area contributed by atoms with Gasteiger partial charge in [0.1, 0.15) is 17.2 Å². The van der Waals surface area contributed by atoms with E-state index in [2.05, 4.69) is 25.2 Å². The van der Waals surface area contributed by atoms with Gasteiger partial charge >= 0.3 is 6.09 Å². The Morgan fingerprint density at radius 1 is 0.860 bits per heavy atom. The van der Waals surface area contributed by atoms with Gasteiger partial charge in [-0.3, -0.25) is 4.79 Å². The highest BCUT2D eigenvalue weighted by Crippen LogP contribution is 2.33. The Balaban J connectivity index is 1.25. The van der Waals surface area contributed by atoms with Gasteiger partial charge in [-0.2, -0.15) is 5.10 Å². The number of aromatic nitrogens is 5. The van der Waals surface area contributed by atoms with Crippen LogP contribution in [0.1, 0.15) is 10.5 Å². The van der Waals surface area contributed by atoms with Crippen molar-refractivity contribution in [1.29, 1.82) is 0 Å². The molecule has 2 N–H and O–H groups in total. The zero-order valence-electron chi connectivity index (χ0n) is 23.3. The first-order valence-electron chi connectivity index (χ1n) is 14.1. The molecule has 43 heavy (non-hydrogen) atoms. The number of rotatable bonds is 5. The lowest BCUT2D eigenvalue weighted by Crippen LogP contribution is -2.48. The molecule has 2 fully saturated rings. The number of carbonyl (C=O) groups excluding carboxylic acids is 1. The normalized spacial score (nSPS) is 15.7. The molecule has 0 radical (unpaired) electrons. The van der Waals surface area contributed by atoms with Gasteiger partial charge in [-0.15, -0.1) is 0 Å². The minimum atomic E-state index is -0.909. The van der Waals surface area contributed by atoms with Crippen molar-refractivity contribution in [3.05, 3.63) is 72.7 Å². The van der Waals surface area contributed by atoms with Crippen LogP contribution < -0.4 is 15.1 Å². The summed E-state index contributed by atoms with van der Waals surface area (Å²) in [5.74, 6) is 0.706. The molecular weight excluding hydrogens is 550 g/mol. The molecular formula is C30H29N9O4. The van der Waals surface area contributed by atoms with Gasteiger partial charge in [0.2, 0.25) is 0 Å². The molecule has 2 saturated heterocycles. The number of piperazine rings is 1. The molecule has 5 aromatic rings. The number of para-hydroxylation sites is 1. The van der Waals surface area contributed by atoms with Crippen LogP contribution in [0.3, 0.4) is 0 Å². The van der Waals surface area contributed by atoms with Crippen molar-refractivity contribution in [2.45, 2.75) is 0 Å². The standard InChI is InChI=1S/C30H29N9O4/c40-29(23-7-5-20-3-1-2-4-22(20)33-23)35-27-26(39-28(34-27)24(9-10-32-39)36-15-17-43-18-16-36)21-6-8-25(31-19-21)37-11-13-38(14-12-37)30(41)42/h1-10,19H,11-18H2,(H,35,40)(H,41,42). The predicted molar refractivity (Wildman–Crippen MR) is 161 cm³/mol. The number of pyridine rings is 2. The van der Waals surface area contributed by atoms with Gasteiger partial charge < -0.3 is 29.9 Å². The summed E-state index contributed by atoms with van der Waals surface area (Å²) in [6, 6.07) is 17.0. The molecule has 13 nitrogen and oxygen atoms in total. The maximum absolute atomic E-state index is 13.5. The average molecular weight is 580 g/mol. The molecule has 4 aromatic heterocycles. The third kappa shape index (κ3) is 5.14. The molecule has 0 unspecified atom stereocenters. The van der Waals surface area contributed by atoms with Crippen LogP contribution >= 0.6 is 0 Å². The monoisotopic (exact) mass is 579 g/mol. The van der Waals surface area contributed by atoms with E-state index in [-0.39, 0.29) is 11.6 Å². The molecule has 13 heteroatoms. The summed E-state index contributed by atoms with van der Waals surface area (Å²) in [6.45, 7) is 4.61. The summed E-state index contributed by atoms with van der Waals surface area (Å²) in [6.07, 6.45) is 2.55. The van der Waals surface area contributed by atoms with Crippen LogP contribution in [0.15, 0.2) is 67.0 Å². The van der Waals surface area contributed by atoms with Gasteiger partial charge in [0.05, 0.1) is 30.6 Å². The minimum absolute atomic E-state index is 0.275. The lowest BCUT2D eigenvalue weighted by Gasteiger charge is -2.33. The Bertz CT molecular complexity index is 1810. The maximum Gasteiger partial charge on any atom is 0.407 e. The Kier molecular flexibility index (Phi) is 6.91. The second kappa shape index (κ2) is 11.2. The highest BCUT2D eigenvalue weighted by atomic mass is 16.5. The first-order valence-corrected chi connectivity index (χ1v) is 14.1. The van der Waals surface area contributed by atoms with E-state index in [1.807, 2.05) is 48.5 Å². The fraction of sp³-hybridized carbons (Fsp3) is 0.267. The number of hydrogen-bond donors (Lipinski definition) is 2. The third-order valence-corrected chi connectivity index (χ3v) is 7.81. The van der Waals surface area contributed by atoms with Crippen molar-refractivity contribution < 1.29 is 19.4 Å².